The monoisotopic (exact) mass is 731 g/mol. The van der Waals surface area contributed by atoms with E-state index >= 15 is 0 Å². The number of Topliss-reactive ketones (excluding diaryl/α,β-unsaturated/α-hetero) is 1. The first-order valence-electron chi connectivity index (χ1n) is 16.4. The molecule has 17 heteroatoms. The quantitative estimate of drug-likeness (QED) is 0.0196. The van der Waals surface area contributed by atoms with E-state index in [-0.39, 0.29) is 54.0 Å². The van der Waals surface area contributed by atoms with Crippen molar-refractivity contribution in [3.05, 3.63) is 123 Å². The number of amides is 2. The van der Waals surface area contributed by atoms with Crippen molar-refractivity contribution in [1.82, 2.24) is 19.9 Å². The normalized spacial score (nSPS) is 12.1. The van der Waals surface area contributed by atoms with Crippen molar-refractivity contribution in [3.8, 4) is 11.5 Å². The van der Waals surface area contributed by atoms with E-state index in [0.717, 1.165) is 0 Å². The fourth-order valence-electron chi connectivity index (χ4n) is 5.23. The number of hydrogen-bond donors (Lipinski definition) is 7. The number of imidazole rings is 2. The van der Waals surface area contributed by atoms with E-state index < -0.39 is 17.6 Å². The van der Waals surface area contributed by atoms with E-state index in [1.165, 1.54) is 13.8 Å². The Balaban J connectivity index is 1.06. The molecule has 0 saturated carbocycles. The van der Waals surface area contributed by atoms with Gasteiger partial charge in [-0.2, -0.15) is 0 Å². The highest BCUT2D eigenvalue weighted by atomic mass is 16.5. The van der Waals surface area contributed by atoms with Gasteiger partial charge in [0.15, 0.2) is 17.2 Å². The molecule has 54 heavy (non-hydrogen) atoms. The largest absolute Gasteiger partial charge is 0.510 e. The minimum absolute atomic E-state index is 0.0271. The zero-order valence-corrected chi connectivity index (χ0v) is 28.9. The Morgan fingerprint density at radius 1 is 0.685 bits per heavy atom. The van der Waals surface area contributed by atoms with Crippen LogP contribution in [0.15, 0.2) is 121 Å². The second-order valence-electron chi connectivity index (χ2n) is 11.7. The lowest BCUT2D eigenvalue weighted by Gasteiger charge is -2.12. The second kappa shape index (κ2) is 16.2. The van der Waals surface area contributed by atoms with Gasteiger partial charge in [-0.3, -0.25) is 19.4 Å². The number of aliphatic imine (C=N–C) groups is 1. The first-order valence-corrected chi connectivity index (χ1v) is 16.4. The molecule has 0 aliphatic rings. The fourth-order valence-corrected chi connectivity index (χ4v) is 5.23. The SMILES string of the molecule is CC(=O)C(=NCc1ccccc1OCCOc1ccccc1N=NC(C(=O)Nc1ccc2[nH]c(=O)[nH]c2c1)=C(C)O)C(=O)Nc1ccc2[nH]c(=O)[nH]c2c1. The maximum Gasteiger partial charge on any atom is 0.323 e. The topological polar surface area (TPSA) is 248 Å². The Kier molecular flexibility index (Phi) is 10.9. The van der Waals surface area contributed by atoms with Crippen LogP contribution in [-0.2, 0) is 20.9 Å². The molecule has 0 aliphatic heterocycles. The summed E-state index contributed by atoms with van der Waals surface area (Å²) in [5.74, 6) is -1.53. The fraction of sp³-hybridized carbons (Fsp3) is 0.135. The van der Waals surface area contributed by atoms with Gasteiger partial charge in [0.25, 0.3) is 11.8 Å². The summed E-state index contributed by atoms with van der Waals surface area (Å²) < 4.78 is 11.9. The summed E-state index contributed by atoms with van der Waals surface area (Å²) in [4.78, 5) is 76.2. The summed E-state index contributed by atoms with van der Waals surface area (Å²) in [6, 6.07) is 23.3. The standard InChI is InChI=1S/C37H33N9O8/c1-20(47)32(34(49)39-23-11-13-25-28(17-23)43-36(51)41-25)38-19-22-7-3-5-9-30(22)53-15-16-54-31-10-6-4-8-27(31)45-46-33(21(2)48)35(50)40-24-12-14-26-29(18-24)44-37(52)42-26/h3-14,17-18,48H,15-16,19H2,1-2H3,(H,39,49)(H,40,50)(H2,41,43,51)(H2,42,44,52). The summed E-state index contributed by atoms with van der Waals surface area (Å²) in [5, 5.41) is 23.6. The number of rotatable bonds is 14. The first kappa shape index (κ1) is 36.2. The Bertz CT molecular complexity index is 2590. The van der Waals surface area contributed by atoms with Gasteiger partial charge >= 0.3 is 11.4 Å². The van der Waals surface area contributed by atoms with Crippen molar-refractivity contribution < 1.29 is 29.0 Å². The average molecular weight is 732 g/mol. The van der Waals surface area contributed by atoms with Gasteiger partial charge in [-0.15, -0.1) is 10.2 Å². The number of ketones is 1. The molecule has 0 saturated heterocycles. The molecule has 0 radical (unpaired) electrons. The van der Waals surface area contributed by atoms with Crippen molar-refractivity contribution in [2.75, 3.05) is 23.8 Å². The number of aromatic amines is 4. The summed E-state index contributed by atoms with van der Waals surface area (Å²) in [6.45, 7) is 2.69. The Morgan fingerprint density at radius 2 is 1.22 bits per heavy atom. The molecule has 0 bridgehead atoms. The van der Waals surface area contributed by atoms with Crippen molar-refractivity contribution >= 4 is 62.4 Å². The van der Waals surface area contributed by atoms with Gasteiger partial charge < -0.3 is 45.1 Å². The highest BCUT2D eigenvalue weighted by molar-refractivity contribution is 6.67. The summed E-state index contributed by atoms with van der Waals surface area (Å²) in [7, 11) is 0. The van der Waals surface area contributed by atoms with Gasteiger partial charge in [0, 0.05) is 23.9 Å². The number of benzene rings is 4. The highest BCUT2D eigenvalue weighted by Crippen LogP contribution is 2.28. The smallest absolute Gasteiger partial charge is 0.323 e. The molecule has 17 nitrogen and oxygen atoms in total. The number of azo groups is 1. The number of carbonyl (C=O) groups excluding carboxylic acids is 3. The van der Waals surface area contributed by atoms with Crippen LogP contribution in [0.2, 0.25) is 0 Å². The minimum Gasteiger partial charge on any atom is -0.510 e. The van der Waals surface area contributed by atoms with Gasteiger partial charge in [0.2, 0.25) is 0 Å². The van der Waals surface area contributed by atoms with E-state index in [9.17, 15) is 29.1 Å². The average Bonchev–Trinajstić information content (AvgIpc) is 3.70. The number of aliphatic hydroxyl groups is 1. The molecule has 2 aromatic heterocycles. The molecular weight excluding hydrogens is 698 g/mol. The molecule has 7 N–H and O–H groups in total. The van der Waals surface area contributed by atoms with Crippen molar-refractivity contribution in [2.45, 2.75) is 20.4 Å². The number of anilines is 2. The predicted molar refractivity (Wildman–Crippen MR) is 201 cm³/mol. The second-order valence-corrected chi connectivity index (χ2v) is 11.7. The van der Waals surface area contributed by atoms with E-state index in [2.05, 4.69) is 45.8 Å². The van der Waals surface area contributed by atoms with Gasteiger partial charge in [-0.05, 0) is 61.5 Å². The number of hydrogen-bond acceptors (Lipinski definition) is 11. The summed E-state index contributed by atoms with van der Waals surface area (Å²) >= 11 is 0. The van der Waals surface area contributed by atoms with Crippen LogP contribution in [0.1, 0.15) is 19.4 Å². The number of carbonyl (C=O) groups is 3. The number of fused-ring (bicyclic) bond motifs is 2. The number of nitrogens with zero attached hydrogens (tertiary/aromatic N) is 3. The number of aliphatic hydroxyl groups excluding tert-OH is 1. The van der Waals surface area contributed by atoms with Gasteiger partial charge in [0.1, 0.15) is 36.2 Å². The zero-order valence-electron chi connectivity index (χ0n) is 28.9. The summed E-state index contributed by atoms with van der Waals surface area (Å²) in [5.41, 5.74) is 2.36. The highest BCUT2D eigenvalue weighted by Gasteiger charge is 2.18. The maximum atomic E-state index is 13.0. The Labute approximate surface area is 304 Å². The number of ether oxygens (including phenoxy) is 2. The molecule has 2 heterocycles. The Hall–Kier alpha value is -7.56. The van der Waals surface area contributed by atoms with E-state index in [0.29, 0.717) is 50.5 Å². The van der Waals surface area contributed by atoms with Crippen molar-refractivity contribution in [1.29, 1.82) is 0 Å². The first-order chi connectivity index (χ1) is 26.0. The summed E-state index contributed by atoms with van der Waals surface area (Å²) in [6.07, 6.45) is 0. The van der Waals surface area contributed by atoms with Crippen LogP contribution in [0.3, 0.4) is 0 Å². The molecule has 4 aromatic carbocycles. The number of nitrogens with one attached hydrogen (secondary N) is 6. The Morgan fingerprint density at radius 3 is 1.83 bits per heavy atom. The third-order valence-corrected chi connectivity index (χ3v) is 7.76. The van der Waals surface area contributed by atoms with Crippen LogP contribution in [0, 0.1) is 0 Å². The third kappa shape index (κ3) is 8.83. The molecule has 0 spiro atoms. The molecule has 0 atom stereocenters. The number of H-pyrrole nitrogens is 4. The van der Waals surface area contributed by atoms with Crippen LogP contribution < -0.4 is 31.5 Å². The van der Waals surface area contributed by atoms with E-state index in [1.54, 1.807) is 84.9 Å². The van der Waals surface area contributed by atoms with Crippen LogP contribution in [0.4, 0.5) is 17.1 Å². The molecule has 274 valence electrons. The number of para-hydroxylation sites is 2. The van der Waals surface area contributed by atoms with E-state index in [4.69, 9.17) is 9.47 Å². The molecule has 6 rings (SSSR count). The van der Waals surface area contributed by atoms with Crippen LogP contribution in [-0.4, -0.2) is 61.6 Å². The van der Waals surface area contributed by atoms with Gasteiger partial charge in [-0.1, -0.05) is 30.3 Å². The third-order valence-electron chi connectivity index (χ3n) is 7.76. The van der Waals surface area contributed by atoms with Crippen LogP contribution in [0.25, 0.3) is 22.1 Å². The number of allylic oxidation sites excluding steroid dienone is 1. The molecular formula is C37H33N9O8. The van der Waals surface area contributed by atoms with Crippen molar-refractivity contribution in [3.63, 3.8) is 0 Å². The van der Waals surface area contributed by atoms with Crippen molar-refractivity contribution in [2.24, 2.45) is 15.2 Å². The number of aromatic nitrogens is 4. The van der Waals surface area contributed by atoms with Gasteiger partial charge in [0.05, 0.1) is 28.6 Å². The zero-order chi connectivity index (χ0) is 38.2. The molecule has 0 unspecified atom stereocenters. The van der Waals surface area contributed by atoms with Gasteiger partial charge in [-0.25, -0.2) is 9.59 Å². The lowest BCUT2D eigenvalue weighted by atomic mass is 10.2. The maximum absolute atomic E-state index is 13.0. The van der Waals surface area contributed by atoms with Crippen LogP contribution in [0.5, 0.6) is 11.5 Å². The molecule has 0 fully saturated rings. The lowest BCUT2D eigenvalue weighted by molar-refractivity contribution is -0.115. The van der Waals surface area contributed by atoms with E-state index in [1.807, 2.05) is 0 Å². The molecule has 6 aromatic rings. The van der Waals surface area contributed by atoms with Crippen LogP contribution >= 0.6 is 0 Å². The predicted octanol–water partition coefficient (Wildman–Crippen LogP) is 5.16. The minimum atomic E-state index is -0.727. The molecule has 0 aliphatic carbocycles. The lowest BCUT2D eigenvalue weighted by Crippen LogP contribution is -2.28. The molecule has 2 amide bonds.